The van der Waals surface area contributed by atoms with Gasteiger partial charge in [-0.2, -0.15) is 0 Å². The van der Waals surface area contributed by atoms with Crippen LogP contribution in [0.25, 0.3) is 0 Å². The fraction of sp³-hybridized carbons (Fsp3) is 0.333. The maximum Gasteiger partial charge on any atom is 0.303 e. The van der Waals surface area contributed by atoms with E-state index in [0.29, 0.717) is 0 Å². The summed E-state index contributed by atoms with van der Waals surface area (Å²) >= 11 is 7.88. The molecule has 1 fully saturated rings. The predicted octanol–water partition coefficient (Wildman–Crippen LogP) is 1.02. The molecule has 0 saturated carbocycles. The molecule has 11 nitrogen and oxygen atoms in total. The van der Waals surface area contributed by atoms with E-state index in [0.717, 1.165) is 16.2 Å². The zero-order valence-electron chi connectivity index (χ0n) is 16.8. The highest BCUT2D eigenvalue weighted by Crippen LogP contribution is 2.31. The SMILES string of the molecule is CON=C(C(=O)NC1C(=O)NC1C(OC(C)=O)c1cccs1)c1csc(NC(=O)CCl)n1. The molecule has 170 valence electrons. The van der Waals surface area contributed by atoms with Gasteiger partial charge in [-0.05, 0) is 11.4 Å². The molecule has 2 aromatic heterocycles. The number of thiazole rings is 1. The molecule has 0 aliphatic carbocycles. The second-order valence-electron chi connectivity index (χ2n) is 6.37. The van der Waals surface area contributed by atoms with Crippen molar-refractivity contribution in [3.05, 3.63) is 33.5 Å². The number of nitrogens with zero attached hydrogens (tertiary/aromatic N) is 2. The first-order valence-electron chi connectivity index (χ1n) is 9.08. The lowest BCUT2D eigenvalue weighted by Crippen LogP contribution is -2.71. The molecule has 1 aliphatic heterocycles. The minimum absolute atomic E-state index is 0.130. The number of hydrogen-bond donors (Lipinski definition) is 3. The zero-order chi connectivity index (χ0) is 23.3. The van der Waals surface area contributed by atoms with Gasteiger partial charge in [0.15, 0.2) is 16.9 Å². The van der Waals surface area contributed by atoms with Gasteiger partial charge in [0, 0.05) is 17.2 Å². The van der Waals surface area contributed by atoms with Crippen LogP contribution in [0.1, 0.15) is 23.6 Å². The summed E-state index contributed by atoms with van der Waals surface area (Å²) < 4.78 is 5.39. The number of oxime groups is 1. The van der Waals surface area contributed by atoms with Crippen molar-refractivity contribution in [2.75, 3.05) is 18.3 Å². The molecule has 3 atom stereocenters. The number of amides is 3. The molecule has 0 spiro atoms. The number of ether oxygens (including phenoxy) is 1. The summed E-state index contributed by atoms with van der Waals surface area (Å²) in [5.74, 6) is -2.40. The summed E-state index contributed by atoms with van der Waals surface area (Å²) in [6, 6.07) is 1.90. The summed E-state index contributed by atoms with van der Waals surface area (Å²) in [4.78, 5) is 57.7. The minimum atomic E-state index is -0.981. The van der Waals surface area contributed by atoms with E-state index in [1.807, 2.05) is 5.38 Å². The van der Waals surface area contributed by atoms with Gasteiger partial charge in [0.2, 0.25) is 11.8 Å². The van der Waals surface area contributed by atoms with Crippen LogP contribution in [-0.4, -0.2) is 59.5 Å². The van der Waals surface area contributed by atoms with Crippen LogP contribution in [0.4, 0.5) is 5.13 Å². The maximum atomic E-state index is 12.9. The topological polar surface area (TPSA) is 148 Å². The van der Waals surface area contributed by atoms with Gasteiger partial charge in [-0.3, -0.25) is 19.2 Å². The standard InChI is InChI=1S/C18H18ClN5O6S2/c1-8(25)30-15(10-4-3-5-31-10)13-14(17(28)22-13)23-16(27)12(24-29-2)9-7-32-18(20-9)21-11(26)6-19/h3-5,7,13-15H,6H2,1-2H3,(H,22,28)(H,23,27)(H,20,21,26). The van der Waals surface area contributed by atoms with Gasteiger partial charge in [-0.1, -0.05) is 11.2 Å². The predicted molar refractivity (Wildman–Crippen MR) is 118 cm³/mol. The van der Waals surface area contributed by atoms with E-state index in [9.17, 15) is 19.2 Å². The highest BCUT2D eigenvalue weighted by Gasteiger charge is 2.48. The summed E-state index contributed by atoms with van der Waals surface area (Å²) in [6.45, 7) is 1.26. The van der Waals surface area contributed by atoms with Crippen LogP contribution in [0.3, 0.4) is 0 Å². The lowest BCUT2D eigenvalue weighted by molar-refractivity contribution is -0.154. The van der Waals surface area contributed by atoms with Crippen molar-refractivity contribution in [3.8, 4) is 0 Å². The largest absolute Gasteiger partial charge is 0.454 e. The smallest absolute Gasteiger partial charge is 0.303 e. The van der Waals surface area contributed by atoms with Gasteiger partial charge >= 0.3 is 5.97 Å². The molecule has 14 heteroatoms. The van der Waals surface area contributed by atoms with Gasteiger partial charge in [-0.15, -0.1) is 34.3 Å². The molecule has 3 amide bonds. The van der Waals surface area contributed by atoms with Crippen LogP contribution in [0.15, 0.2) is 28.0 Å². The average molecular weight is 500 g/mol. The zero-order valence-corrected chi connectivity index (χ0v) is 19.2. The minimum Gasteiger partial charge on any atom is -0.454 e. The summed E-state index contributed by atoms with van der Waals surface area (Å²) in [7, 11) is 1.25. The molecule has 1 aliphatic rings. The molecule has 0 aromatic carbocycles. The van der Waals surface area contributed by atoms with Gasteiger partial charge in [0.1, 0.15) is 30.8 Å². The first-order chi connectivity index (χ1) is 15.3. The van der Waals surface area contributed by atoms with E-state index in [2.05, 4.69) is 26.1 Å². The summed E-state index contributed by atoms with van der Waals surface area (Å²) in [6.07, 6.45) is -0.769. The Balaban J connectivity index is 1.77. The number of carbonyl (C=O) groups is 4. The first kappa shape index (κ1) is 23.6. The third-order valence-electron chi connectivity index (χ3n) is 4.19. The first-order valence-corrected chi connectivity index (χ1v) is 11.4. The molecule has 0 radical (unpaired) electrons. The molecule has 3 rings (SSSR count). The Kier molecular flexibility index (Phi) is 7.77. The van der Waals surface area contributed by atoms with Crippen LogP contribution >= 0.6 is 34.3 Å². The van der Waals surface area contributed by atoms with Crippen LogP contribution in [-0.2, 0) is 28.8 Å². The molecule has 3 heterocycles. The Hall–Kier alpha value is -3.03. The maximum absolute atomic E-state index is 12.9. The van der Waals surface area contributed by atoms with Crippen molar-refractivity contribution in [3.63, 3.8) is 0 Å². The van der Waals surface area contributed by atoms with Gasteiger partial charge in [0.25, 0.3) is 5.91 Å². The highest BCUT2D eigenvalue weighted by molar-refractivity contribution is 7.14. The van der Waals surface area contributed by atoms with Crippen molar-refractivity contribution in [2.45, 2.75) is 25.1 Å². The third kappa shape index (κ3) is 5.41. The lowest BCUT2D eigenvalue weighted by atomic mass is 9.92. The van der Waals surface area contributed by atoms with E-state index in [1.165, 1.54) is 30.8 Å². The number of rotatable bonds is 9. The van der Waals surface area contributed by atoms with E-state index in [-0.39, 0.29) is 22.4 Å². The number of nitrogens with one attached hydrogen (secondary N) is 3. The van der Waals surface area contributed by atoms with E-state index in [1.54, 1.807) is 12.1 Å². The van der Waals surface area contributed by atoms with E-state index >= 15 is 0 Å². The summed E-state index contributed by atoms with van der Waals surface area (Å²) in [5.41, 5.74) is -0.0703. The monoisotopic (exact) mass is 499 g/mol. The molecule has 3 unspecified atom stereocenters. The molecular weight excluding hydrogens is 482 g/mol. The van der Waals surface area contributed by atoms with Crippen LogP contribution in [0, 0.1) is 0 Å². The Morgan fingerprint density at radius 2 is 2.16 bits per heavy atom. The Bertz CT molecular complexity index is 1040. The number of thiophene rings is 1. The molecule has 32 heavy (non-hydrogen) atoms. The van der Waals surface area contributed by atoms with Gasteiger partial charge in [-0.25, -0.2) is 4.98 Å². The Morgan fingerprint density at radius 3 is 2.75 bits per heavy atom. The molecule has 2 aromatic rings. The van der Waals surface area contributed by atoms with E-state index in [4.69, 9.17) is 21.2 Å². The average Bonchev–Trinajstić information content (AvgIpc) is 3.44. The van der Waals surface area contributed by atoms with Crippen LogP contribution < -0.4 is 16.0 Å². The fourth-order valence-electron chi connectivity index (χ4n) is 2.85. The lowest BCUT2D eigenvalue weighted by Gasteiger charge is -2.40. The second-order valence-corrected chi connectivity index (χ2v) is 8.48. The number of halogens is 1. The van der Waals surface area contributed by atoms with Crippen molar-refractivity contribution < 1.29 is 28.8 Å². The normalized spacial score (nSPS) is 18.7. The van der Waals surface area contributed by atoms with Gasteiger partial charge < -0.3 is 25.5 Å². The number of anilines is 1. The number of hydrogen-bond acceptors (Lipinski definition) is 10. The highest BCUT2D eigenvalue weighted by atomic mass is 35.5. The second kappa shape index (κ2) is 10.5. The van der Waals surface area contributed by atoms with Crippen LogP contribution in [0.5, 0.6) is 0 Å². The van der Waals surface area contributed by atoms with E-state index < -0.39 is 41.9 Å². The van der Waals surface area contributed by atoms with Crippen molar-refractivity contribution in [2.24, 2.45) is 5.16 Å². The number of aromatic nitrogens is 1. The van der Waals surface area contributed by atoms with Crippen molar-refractivity contribution >= 4 is 68.8 Å². The fourth-order valence-corrected chi connectivity index (χ4v) is 4.43. The van der Waals surface area contributed by atoms with Crippen molar-refractivity contribution in [1.29, 1.82) is 0 Å². The molecule has 0 bridgehead atoms. The number of β-lactam (4-membered cyclic amide) rings is 1. The Morgan fingerprint density at radius 1 is 1.38 bits per heavy atom. The number of alkyl halides is 1. The Labute approximate surface area is 195 Å². The molecule has 3 N–H and O–H groups in total. The van der Waals surface area contributed by atoms with Crippen LogP contribution in [0.2, 0.25) is 0 Å². The molecule has 1 saturated heterocycles. The van der Waals surface area contributed by atoms with Crippen molar-refractivity contribution in [1.82, 2.24) is 15.6 Å². The number of esters is 1. The third-order valence-corrected chi connectivity index (χ3v) is 6.13. The van der Waals surface area contributed by atoms with Gasteiger partial charge in [0.05, 0.1) is 0 Å². The number of carbonyl (C=O) groups excluding carboxylic acids is 4. The quantitative estimate of drug-likeness (QED) is 0.153. The molecular formula is C18H18ClN5O6S2. The summed E-state index contributed by atoms with van der Waals surface area (Å²) in [5, 5.41) is 14.9.